The maximum Gasteiger partial charge on any atom is 0.341 e. The molecule has 1 N–H and O–H groups in total. The highest BCUT2D eigenvalue weighted by molar-refractivity contribution is 7.17. The lowest BCUT2D eigenvalue weighted by atomic mass is 10.0. The fraction of sp³-hybridized carbons (Fsp3) is 0.500. The van der Waals surface area contributed by atoms with E-state index < -0.39 is 0 Å². The predicted molar refractivity (Wildman–Crippen MR) is 101 cm³/mol. The van der Waals surface area contributed by atoms with Crippen molar-refractivity contribution in [1.29, 1.82) is 0 Å². The minimum Gasteiger partial charge on any atom is -0.462 e. The van der Waals surface area contributed by atoms with Gasteiger partial charge < -0.3 is 15.0 Å². The van der Waals surface area contributed by atoms with E-state index >= 15 is 0 Å². The molecule has 140 valence electrons. The molecular formula is C18H24N4O3S. The number of anilines is 1. The predicted octanol–water partition coefficient (Wildman–Crippen LogP) is 2.69. The summed E-state index contributed by atoms with van der Waals surface area (Å²) in [6, 6.07) is 1.75. The Bertz CT molecular complexity index is 840. The molecule has 1 aliphatic rings. The summed E-state index contributed by atoms with van der Waals surface area (Å²) >= 11 is 1.45. The largest absolute Gasteiger partial charge is 0.462 e. The van der Waals surface area contributed by atoms with Crippen LogP contribution in [0.3, 0.4) is 0 Å². The number of esters is 1. The van der Waals surface area contributed by atoms with Crippen molar-refractivity contribution in [2.24, 2.45) is 0 Å². The molecule has 1 amide bonds. The number of likely N-dealkylation sites (N-methyl/N-ethyl adjacent to an activating group) is 1. The molecule has 2 aromatic rings. The van der Waals surface area contributed by atoms with Crippen molar-refractivity contribution in [3.05, 3.63) is 33.5 Å². The number of nitrogens with zero attached hydrogens (tertiary/aromatic N) is 3. The molecule has 0 aliphatic carbocycles. The molecule has 0 aromatic carbocycles. The van der Waals surface area contributed by atoms with Gasteiger partial charge in [0.15, 0.2) is 5.69 Å². The van der Waals surface area contributed by atoms with E-state index in [1.54, 1.807) is 17.7 Å². The van der Waals surface area contributed by atoms with Crippen molar-refractivity contribution < 1.29 is 14.3 Å². The van der Waals surface area contributed by atoms with Crippen LogP contribution in [0.25, 0.3) is 0 Å². The fourth-order valence-electron chi connectivity index (χ4n) is 3.15. The Hall–Kier alpha value is -2.19. The Kier molecular flexibility index (Phi) is 5.43. The number of ether oxygens (including phenoxy) is 1. The molecule has 7 nitrogen and oxygen atoms in total. The van der Waals surface area contributed by atoms with Crippen LogP contribution in [-0.2, 0) is 24.2 Å². The number of nitrogens with one attached hydrogen (secondary N) is 1. The smallest absolute Gasteiger partial charge is 0.341 e. The fourth-order valence-corrected chi connectivity index (χ4v) is 4.46. The number of amides is 1. The number of thiophene rings is 1. The number of carbonyl (C=O) groups excluding carboxylic acids is 2. The molecule has 0 saturated heterocycles. The third-order valence-electron chi connectivity index (χ3n) is 4.47. The summed E-state index contributed by atoms with van der Waals surface area (Å²) < 4.78 is 7.00. The van der Waals surface area contributed by atoms with Crippen LogP contribution in [0, 0.1) is 6.92 Å². The van der Waals surface area contributed by atoms with Crippen LogP contribution in [-0.4, -0.2) is 46.8 Å². The molecule has 3 rings (SSSR count). The molecule has 0 saturated carbocycles. The van der Waals surface area contributed by atoms with Crippen LogP contribution >= 0.6 is 11.3 Å². The first-order valence-corrected chi connectivity index (χ1v) is 9.62. The lowest BCUT2D eigenvalue weighted by Crippen LogP contribution is -2.26. The van der Waals surface area contributed by atoms with E-state index in [4.69, 9.17) is 4.74 Å². The van der Waals surface area contributed by atoms with Crippen LogP contribution in [0.15, 0.2) is 6.07 Å². The number of fused-ring (bicyclic) bond motifs is 1. The molecular weight excluding hydrogens is 352 g/mol. The Morgan fingerprint density at radius 3 is 2.81 bits per heavy atom. The quantitative estimate of drug-likeness (QED) is 0.812. The van der Waals surface area contributed by atoms with Crippen molar-refractivity contribution in [2.45, 2.75) is 40.3 Å². The van der Waals surface area contributed by atoms with Gasteiger partial charge in [0.25, 0.3) is 5.91 Å². The number of hydrogen-bond donors (Lipinski definition) is 1. The molecule has 0 radical (unpaired) electrons. The summed E-state index contributed by atoms with van der Waals surface area (Å²) in [4.78, 5) is 28.5. The maximum atomic E-state index is 12.7. The molecule has 0 atom stereocenters. The van der Waals surface area contributed by atoms with Gasteiger partial charge in [0.2, 0.25) is 0 Å². The molecule has 0 fully saturated rings. The minimum atomic E-state index is -0.375. The van der Waals surface area contributed by atoms with Crippen LogP contribution in [0.5, 0.6) is 0 Å². The summed E-state index contributed by atoms with van der Waals surface area (Å²) in [7, 11) is 2.05. The molecule has 26 heavy (non-hydrogen) atoms. The molecule has 0 unspecified atom stereocenters. The zero-order chi connectivity index (χ0) is 18.8. The van der Waals surface area contributed by atoms with Crippen LogP contribution in [0.2, 0.25) is 0 Å². The minimum absolute atomic E-state index is 0.302. The van der Waals surface area contributed by atoms with Crippen molar-refractivity contribution in [1.82, 2.24) is 14.7 Å². The highest BCUT2D eigenvalue weighted by atomic mass is 32.1. The van der Waals surface area contributed by atoms with Crippen molar-refractivity contribution in [2.75, 3.05) is 25.5 Å². The molecule has 8 heteroatoms. The van der Waals surface area contributed by atoms with Crippen LogP contribution in [0.1, 0.15) is 50.8 Å². The SMILES string of the molecule is CCOC(=O)c1c(NC(=O)c2cc(C)n(CC)n2)sc2c1CCN(C)C2. The molecule has 3 heterocycles. The maximum absolute atomic E-state index is 12.7. The standard InChI is InChI=1S/C18H24N4O3S/c1-5-22-11(3)9-13(20-22)16(23)19-17-15(18(24)25-6-2)12-7-8-21(4)10-14(12)26-17/h9H,5-8,10H2,1-4H3,(H,19,23). The first-order valence-electron chi connectivity index (χ1n) is 8.80. The van der Waals surface area contributed by atoms with Gasteiger partial charge in [-0.05, 0) is 45.9 Å². The summed E-state index contributed by atoms with van der Waals surface area (Å²) in [6.07, 6.45) is 0.774. The third kappa shape index (κ3) is 3.52. The van der Waals surface area contributed by atoms with Gasteiger partial charge in [0.1, 0.15) is 5.00 Å². The van der Waals surface area contributed by atoms with Crippen molar-refractivity contribution in [3.8, 4) is 0 Å². The van der Waals surface area contributed by atoms with E-state index in [0.717, 1.165) is 35.6 Å². The second kappa shape index (κ2) is 7.59. The summed E-state index contributed by atoms with van der Waals surface area (Å²) in [5.41, 5.74) is 2.77. The van der Waals surface area contributed by atoms with Gasteiger partial charge >= 0.3 is 5.97 Å². The van der Waals surface area contributed by atoms with Gasteiger partial charge in [0, 0.05) is 30.2 Å². The molecule has 2 aromatic heterocycles. The zero-order valence-corrected chi connectivity index (χ0v) is 16.4. The number of rotatable bonds is 5. The normalized spacial score (nSPS) is 14.2. The highest BCUT2D eigenvalue weighted by Crippen LogP contribution is 2.37. The van der Waals surface area contributed by atoms with Gasteiger partial charge in [-0.3, -0.25) is 9.48 Å². The third-order valence-corrected chi connectivity index (χ3v) is 5.60. The van der Waals surface area contributed by atoms with E-state index in [9.17, 15) is 9.59 Å². The van der Waals surface area contributed by atoms with E-state index in [0.29, 0.717) is 29.4 Å². The molecule has 1 aliphatic heterocycles. The van der Waals surface area contributed by atoms with Crippen LogP contribution < -0.4 is 5.32 Å². The van der Waals surface area contributed by atoms with Gasteiger partial charge in [-0.15, -0.1) is 11.3 Å². The second-order valence-corrected chi connectivity index (χ2v) is 7.46. The van der Waals surface area contributed by atoms with E-state index in [1.165, 1.54) is 11.3 Å². The first-order chi connectivity index (χ1) is 12.4. The van der Waals surface area contributed by atoms with Gasteiger partial charge in [0.05, 0.1) is 12.2 Å². The summed E-state index contributed by atoms with van der Waals surface area (Å²) in [6.45, 7) is 8.32. The Balaban J connectivity index is 1.93. The number of aryl methyl sites for hydroxylation is 2. The Morgan fingerprint density at radius 2 is 2.15 bits per heavy atom. The average Bonchev–Trinajstić information content (AvgIpc) is 3.14. The summed E-state index contributed by atoms with van der Waals surface area (Å²) in [5.74, 6) is -0.682. The Labute approximate surface area is 156 Å². The summed E-state index contributed by atoms with van der Waals surface area (Å²) in [5, 5.41) is 7.75. The van der Waals surface area contributed by atoms with Crippen molar-refractivity contribution >= 4 is 28.2 Å². The van der Waals surface area contributed by atoms with E-state index in [2.05, 4.69) is 15.3 Å². The van der Waals surface area contributed by atoms with E-state index in [-0.39, 0.29) is 11.9 Å². The molecule has 0 bridgehead atoms. The lowest BCUT2D eigenvalue weighted by molar-refractivity contribution is 0.0526. The first kappa shape index (κ1) is 18.6. The highest BCUT2D eigenvalue weighted by Gasteiger charge is 2.29. The number of carbonyl (C=O) groups is 2. The van der Waals surface area contributed by atoms with Gasteiger partial charge in [-0.1, -0.05) is 0 Å². The zero-order valence-electron chi connectivity index (χ0n) is 15.6. The van der Waals surface area contributed by atoms with E-state index in [1.807, 2.05) is 20.9 Å². The monoisotopic (exact) mass is 376 g/mol. The number of hydrogen-bond acceptors (Lipinski definition) is 6. The lowest BCUT2D eigenvalue weighted by Gasteiger charge is -2.22. The average molecular weight is 376 g/mol. The Morgan fingerprint density at radius 1 is 1.38 bits per heavy atom. The second-order valence-electron chi connectivity index (χ2n) is 6.36. The van der Waals surface area contributed by atoms with Gasteiger partial charge in [-0.25, -0.2) is 4.79 Å². The van der Waals surface area contributed by atoms with Crippen molar-refractivity contribution in [3.63, 3.8) is 0 Å². The molecule has 0 spiro atoms. The number of aromatic nitrogens is 2. The topological polar surface area (TPSA) is 76.5 Å². The van der Waals surface area contributed by atoms with Crippen LogP contribution in [0.4, 0.5) is 5.00 Å². The van der Waals surface area contributed by atoms with Gasteiger partial charge in [-0.2, -0.15) is 5.10 Å².